The van der Waals surface area contributed by atoms with Crippen molar-refractivity contribution < 1.29 is 9.13 Å². The Bertz CT molecular complexity index is 601. The molecule has 0 aliphatic carbocycles. The summed E-state index contributed by atoms with van der Waals surface area (Å²) in [5.41, 5.74) is 0.567. The number of halogens is 2. The van der Waals surface area contributed by atoms with Crippen molar-refractivity contribution in [3.05, 3.63) is 57.4 Å². The molecule has 21 heavy (non-hydrogen) atoms. The van der Waals surface area contributed by atoms with Gasteiger partial charge in [0, 0.05) is 15.7 Å². The van der Waals surface area contributed by atoms with E-state index in [-0.39, 0.29) is 5.82 Å². The van der Waals surface area contributed by atoms with Crippen LogP contribution in [0, 0.1) is 15.3 Å². The molecule has 0 fully saturated rings. The van der Waals surface area contributed by atoms with Gasteiger partial charge in [-0.3, -0.25) is 0 Å². The zero-order chi connectivity index (χ0) is 15.2. The number of hydrogen-bond acceptors (Lipinski definition) is 2. The van der Waals surface area contributed by atoms with Crippen LogP contribution >= 0.6 is 22.6 Å². The fraction of sp³-hybridized carbons (Fsp3) is 0.294. The number of hydrogen-bond donors (Lipinski definition) is 1. The lowest BCUT2D eigenvalue weighted by Crippen LogP contribution is -2.20. The summed E-state index contributed by atoms with van der Waals surface area (Å²) in [5, 5.41) is 3.26. The van der Waals surface area contributed by atoms with E-state index in [2.05, 4.69) is 41.8 Å². The Labute approximate surface area is 138 Å². The first-order chi connectivity index (χ1) is 10.1. The Morgan fingerprint density at radius 3 is 2.67 bits per heavy atom. The maximum Gasteiger partial charge on any atom is 0.134 e. The van der Waals surface area contributed by atoms with Crippen LogP contribution in [0.15, 0.2) is 42.5 Å². The van der Waals surface area contributed by atoms with Crippen molar-refractivity contribution in [2.24, 2.45) is 5.92 Å². The summed E-state index contributed by atoms with van der Waals surface area (Å²) in [4.78, 5) is 0. The Morgan fingerprint density at radius 2 is 1.95 bits per heavy atom. The molecule has 0 spiro atoms. The molecule has 2 aromatic carbocycles. The molecule has 2 aromatic rings. The third-order valence-electron chi connectivity index (χ3n) is 2.95. The van der Waals surface area contributed by atoms with Gasteiger partial charge >= 0.3 is 0 Å². The first kappa shape index (κ1) is 16.2. The molecule has 2 nitrogen and oxygen atoms in total. The Morgan fingerprint density at radius 1 is 1.19 bits per heavy atom. The van der Waals surface area contributed by atoms with Crippen molar-refractivity contribution in [3.63, 3.8) is 0 Å². The van der Waals surface area contributed by atoms with Crippen molar-refractivity contribution in [1.29, 1.82) is 0 Å². The van der Waals surface area contributed by atoms with E-state index in [0.29, 0.717) is 23.8 Å². The molecule has 0 bridgehead atoms. The van der Waals surface area contributed by atoms with Crippen molar-refractivity contribution >= 4 is 22.6 Å². The molecular weight excluding hydrogens is 380 g/mol. The fourth-order valence-electron chi connectivity index (χ4n) is 1.95. The van der Waals surface area contributed by atoms with Crippen LogP contribution in [0.1, 0.15) is 19.4 Å². The minimum Gasteiger partial charge on any atom is -0.457 e. The summed E-state index contributed by atoms with van der Waals surface area (Å²) >= 11 is 2.23. The summed E-state index contributed by atoms with van der Waals surface area (Å²) in [6, 6.07) is 12.7. The molecule has 0 aromatic heterocycles. The van der Waals surface area contributed by atoms with E-state index in [1.165, 1.54) is 6.07 Å². The predicted octanol–water partition coefficient (Wildman–Crippen LogP) is 4.97. The van der Waals surface area contributed by atoms with E-state index >= 15 is 0 Å². The quantitative estimate of drug-likeness (QED) is 0.693. The fourth-order valence-corrected chi connectivity index (χ4v) is 2.46. The Balaban J connectivity index is 2.16. The minimum absolute atomic E-state index is 0.241. The highest BCUT2D eigenvalue weighted by atomic mass is 127. The first-order valence-corrected chi connectivity index (χ1v) is 8.05. The molecule has 1 N–H and O–H groups in total. The van der Waals surface area contributed by atoms with E-state index in [1.54, 1.807) is 12.1 Å². The number of rotatable bonds is 6. The second kappa shape index (κ2) is 7.75. The lowest BCUT2D eigenvalue weighted by Gasteiger charge is -2.14. The highest BCUT2D eigenvalue weighted by Crippen LogP contribution is 2.28. The minimum atomic E-state index is -0.241. The summed E-state index contributed by atoms with van der Waals surface area (Å²) in [6.07, 6.45) is 0. The van der Waals surface area contributed by atoms with Gasteiger partial charge in [0.05, 0.1) is 0 Å². The molecule has 0 saturated carbocycles. The highest BCUT2D eigenvalue weighted by molar-refractivity contribution is 14.1. The maximum absolute atomic E-state index is 14.0. The molecule has 0 heterocycles. The maximum atomic E-state index is 14.0. The van der Waals surface area contributed by atoms with Crippen molar-refractivity contribution in [1.82, 2.24) is 5.32 Å². The van der Waals surface area contributed by atoms with Gasteiger partial charge in [-0.2, -0.15) is 0 Å². The lowest BCUT2D eigenvalue weighted by atomic mass is 10.1. The SMILES string of the molecule is CC(C)CNCc1c(F)cccc1Oc1cccc(I)c1. The van der Waals surface area contributed by atoms with Crippen LogP contribution in [-0.4, -0.2) is 6.54 Å². The third-order valence-corrected chi connectivity index (χ3v) is 3.63. The van der Waals surface area contributed by atoms with Gasteiger partial charge in [0.1, 0.15) is 17.3 Å². The van der Waals surface area contributed by atoms with Gasteiger partial charge in [-0.15, -0.1) is 0 Å². The number of ether oxygens (including phenoxy) is 1. The van der Waals surface area contributed by atoms with Crippen LogP contribution < -0.4 is 10.1 Å². The topological polar surface area (TPSA) is 21.3 Å². The number of nitrogens with one attached hydrogen (secondary N) is 1. The molecule has 0 atom stereocenters. The van der Waals surface area contributed by atoms with E-state index in [0.717, 1.165) is 15.9 Å². The molecular formula is C17H19FINO. The van der Waals surface area contributed by atoms with Crippen LogP contribution in [0.2, 0.25) is 0 Å². The van der Waals surface area contributed by atoms with Gasteiger partial charge in [-0.25, -0.2) is 4.39 Å². The van der Waals surface area contributed by atoms with Crippen LogP contribution in [0.25, 0.3) is 0 Å². The normalized spacial score (nSPS) is 10.9. The van der Waals surface area contributed by atoms with E-state index in [9.17, 15) is 4.39 Å². The van der Waals surface area contributed by atoms with Crippen molar-refractivity contribution in [2.45, 2.75) is 20.4 Å². The molecule has 0 aliphatic heterocycles. The standard InChI is InChI=1S/C17H19FINO/c1-12(2)10-20-11-15-16(18)7-4-8-17(15)21-14-6-3-5-13(19)9-14/h3-9,12,20H,10-11H2,1-2H3. The van der Waals surface area contributed by atoms with Crippen LogP contribution in [0.3, 0.4) is 0 Å². The summed E-state index contributed by atoms with van der Waals surface area (Å²) < 4.78 is 21.0. The van der Waals surface area contributed by atoms with Crippen LogP contribution in [-0.2, 0) is 6.54 Å². The summed E-state index contributed by atoms with van der Waals surface area (Å²) in [7, 11) is 0. The molecule has 0 unspecified atom stereocenters. The lowest BCUT2D eigenvalue weighted by molar-refractivity contribution is 0.457. The molecule has 0 saturated heterocycles. The van der Waals surface area contributed by atoms with E-state index in [4.69, 9.17) is 4.74 Å². The summed E-state index contributed by atoms with van der Waals surface area (Å²) in [5.74, 6) is 1.57. The smallest absolute Gasteiger partial charge is 0.134 e. The Kier molecular flexibility index (Phi) is 5.99. The van der Waals surface area contributed by atoms with Crippen molar-refractivity contribution in [3.8, 4) is 11.5 Å². The Hall–Kier alpha value is -1.14. The molecule has 112 valence electrons. The van der Waals surface area contributed by atoms with Gasteiger partial charge in [0.2, 0.25) is 0 Å². The largest absolute Gasteiger partial charge is 0.457 e. The zero-order valence-corrected chi connectivity index (χ0v) is 14.4. The van der Waals surface area contributed by atoms with E-state index < -0.39 is 0 Å². The van der Waals surface area contributed by atoms with E-state index in [1.807, 2.05) is 24.3 Å². The van der Waals surface area contributed by atoms with Gasteiger partial charge < -0.3 is 10.1 Å². The zero-order valence-electron chi connectivity index (χ0n) is 12.2. The molecule has 0 amide bonds. The van der Waals surface area contributed by atoms with Crippen LogP contribution in [0.5, 0.6) is 11.5 Å². The van der Waals surface area contributed by atoms with Gasteiger partial charge in [-0.1, -0.05) is 26.0 Å². The molecule has 0 radical (unpaired) electrons. The average Bonchev–Trinajstić information content (AvgIpc) is 2.41. The predicted molar refractivity (Wildman–Crippen MR) is 92.2 cm³/mol. The second-order valence-corrected chi connectivity index (χ2v) is 6.55. The van der Waals surface area contributed by atoms with Gasteiger partial charge in [-0.05, 0) is 65.4 Å². The number of benzene rings is 2. The second-order valence-electron chi connectivity index (χ2n) is 5.30. The van der Waals surface area contributed by atoms with Gasteiger partial charge in [0.25, 0.3) is 0 Å². The molecule has 4 heteroatoms. The highest BCUT2D eigenvalue weighted by Gasteiger charge is 2.10. The molecule has 2 rings (SSSR count). The third kappa shape index (κ3) is 4.97. The molecule has 0 aliphatic rings. The summed E-state index contributed by atoms with van der Waals surface area (Å²) in [6.45, 7) is 5.55. The van der Waals surface area contributed by atoms with Gasteiger partial charge in [0.15, 0.2) is 0 Å². The first-order valence-electron chi connectivity index (χ1n) is 6.98. The average molecular weight is 399 g/mol. The van der Waals surface area contributed by atoms with Crippen molar-refractivity contribution in [2.75, 3.05) is 6.54 Å². The monoisotopic (exact) mass is 399 g/mol. The van der Waals surface area contributed by atoms with Crippen LogP contribution in [0.4, 0.5) is 4.39 Å².